The molecule has 2 rings (SSSR count). The maximum absolute atomic E-state index is 11.6. The number of hydrogen-bond donors (Lipinski definition) is 3. The molecule has 2 aromatic rings. The molecule has 0 radical (unpaired) electrons. The molecular formula is C11H14N4O2. The molecule has 0 spiro atoms. The van der Waals surface area contributed by atoms with Gasteiger partial charge in [0.15, 0.2) is 0 Å². The van der Waals surface area contributed by atoms with E-state index < -0.39 is 6.04 Å². The maximum atomic E-state index is 11.6. The third-order valence-corrected chi connectivity index (χ3v) is 2.39. The topological polar surface area (TPSA) is 93.0 Å². The first-order valence-electron chi connectivity index (χ1n) is 5.19. The number of benzene rings is 1. The molecule has 0 saturated carbocycles. The van der Waals surface area contributed by atoms with Crippen LogP contribution in [0.3, 0.4) is 0 Å². The van der Waals surface area contributed by atoms with Crippen LogP contribution in [0.2, 0.25) is 0 Å². The van der Waals surface area contributed by atoms with Crippen LogP contribution < -0.4 is 11.1 Å². The van der Waals surface area contributed by atoms with Gasteiger partial charge in [0.2, 0.25) is 5.91 Å². The van der Waals surface area contributed by atoms with E-state index in [2.05, 4.69) is 15.5 Å². The zero-order valence-electron chi connectivity index (χ0n) is 9.43. The summed E-state index contributed by atoms with van der Waals surface area (Å²) in [5.74, 6) is -0.272. The molecule has 0 saturated heterocycles. The Hall–Kier alpha value is -1.92. The molecular weight excluding hydrogens is 220 g/mol. The lowest BCUT2D eigenvalue weighted by atomic mass is 10.2. The minimum atomic E-state index is -0.669. The highest BCUT2D eigenvalue weighted by molar-refractivity contribution is 5.96. The number of carbonyl (C=O) groups is 1. The standard InChI is InChI=1S/C11H14N4O2/c1-17-6-9(12)11(16)14-8-3-2-7-5-13-15-10(7)4-8/h2-5,9H,6,12H2,1H3,(H,13,15)(H,14,16). The lowest BCUT2D eigenvalue weighted by molar-refractivity contribution is -0.118. The molecule has 0 bridgehead atoms. The van der Waals surface area contributed by atoms with Gasteiger partial charge in [-0.3, -0.25) is 9.89 Å². The monoisotopic (exact) mass is 234 g/mol. The van der Waals surface area contributed by atoms with E-state index in [0.29, 0.717) is 5.69 Å². The Kier molecular flexibility index (Phi) is 3.36. The van der Waals surface area contributed by atoms with Gasteiger partial charge in [-0.1, -0.05) is 0 Å². The molecule has 1 unspecified atom stereocenters. The van der Waals surface area contributed by atoms with Gasteiger partial charge in [-0.05, 0) is 18.2 Å². The number of fused-ring (bicyclic) bond motifs is 1. The second-order valence-electron chi connectivity index (χ2n) is 3.72. The van der Waals surface area contributed by atoms with E-state index in [1.807, 2.05) is 6.07 Å². The van der Waals surface area contributed by atoms with E-state index in [9.17, 15) is 4.79 Å². The van der Waals surface area contributed by atoms with E-state index >= 15 is 0 Å². The molecule has 0 aliphatic rings. The first-order chi connectivity index (χ1) is 8.20. The highest BCUT2D eigenvalue weighted by atomic mass is 16.5. The fraction of sp³-hybridized carbons (Fsp3) is 0.273. The van der Waals surface area contributed by atoms with Crippen LogP contribution in [0.5, 0.6) is 0 Å². The fourth-order valence-electron chi connectivity index (χ4n) is 1.50. The molecule has 1 heterocycles. The molecule has 90 valence electrons. The second-order valence-corrected chi connectivity index (χ2v) is 3.72. The Morgan fingerprint density at radius 2 is 2.47 bits per heavy atom. The molecule has 1 aromatic heterocycles. The number of nitrogens with one attached hydrogen (secondary N) is 2. The van der Waals surface area contributed by atoms with Crippen LogP contribution in [0, 0.1) is 0 Å². The van der Waals surface area contributed by atoms with Crippen molar-refractivity contribution >= 4 is 22.5 Å². The van der Waals surface area contributed by atoms with Crippen LogP contribution in [-0.2, 0) is 9.53 Å². The molecule has 0 aliphatic carbocycles. The normalized spacial score (nSPS) is 12.6. The zero-order valence-corrected chi connectivity index (χ0v) is 9.43. The van der Waals surface area contributed by atoms with Crippen molar-refractivity contribution in [2.45, 2.75) is 6.04 Å². The largest absolute Gasteiger partial charge is 0.383 e. The van der Waals surface area contributed by atoms with Crippen LogP contribution in [-0.4, -0.2) is 35.9 Å². The van der Waals surface area contributed by atoms with Gasteiger partial charge in [0.25, 0.3) is 0 Å². The summed E-state index contributed by atoms with van der Waals surface area (Å²) in [6.45, 7) is 0.193. The highest BCUT2D eigenvalue weighted by Crippen LogP contribution is 2.16. The SMILES string of the molecule is COCC(N)C(=O)Nc1ccc2cn[nH]c2c1. The molecule has 4 N–H and O–H groups in total. The van der Waals surface area contributed by atoms with Crippen molar-refractivity contribution in [3.8, 4) is 0 Å². The van der Waals surface area contributed by atoms with Crippen LogP contribution in [0.1, 0.15) is 0 Å². The lowest BCUT2D eigenvalue weighted by Crippen LogP contribution is -2.39. The van der Waals surface area contributed by atoms with Gasteiger partial charge in [0.1, 0.15) is 6.04 Å². The van der Waals surface area contributed by atoms with Crippen molar-refractivity contribution in [2.75, 3.05) is 19.0 Å². The highest BCUT2D eigenvalue weighted by Gasteiger charge is 2.13. The first kappa shape index (κ1) is 11.6. The third-order valence-electron chi connectivity index (χ3n) is 2.39. The summed E-state index contributed by atoms with van der Waals surface area (Å²) >= 11 is 0. The quantitative estimate of drug-likeness (QED) is 0.717. The summed E-state index contributed by atoms with van der Waals surface area (Å²) in [5, 5.41) is 10.4. The number of nitrogens with zero attached hydrogens (tertiary/aromatic N) is 1. The molecule has 6 heteroatoms. The van der Waals surface area contributed by atoms with Gasteiger partial charge in [-0.25, -0.2) is 0 Å². The number of carbonyl (C=O) groups excluding carboxylic acids is 1. The average molecular weight is 234 g/mol. The summed E-state index contributed by atoms with van der Waals surface area (Å²) in [7, 11) is 1.50. The van der Waals surface area contributed by atoms with Gasteiger partial charge in [-0.2, -0.15) is 5.10 Å². The van der Waals surface area contributed by atoms with Crippen molar-refractivity contribution in [2.24, 2.45) is 5.73 Å². The Balaban J connectivity index is 2.09. The van der Waals surface area contributed by atoms with Gasteiger partial charge >= 0.3 is 0 Å². The number of nitrogens with two attached hydrogens (primary N) is 1. The minimum Gasteiger partial charge on any atom is -0.383 e. The lowest BCUT2D eigenvalue weighted by Gasteiger charge is -2.11. The number of aromatic amines is 1. The van der Waals surface area contributed by atoms with Crippen molar-refractivity contribution in [1.82, 2.24) is 10.2 Å². The summed E-state index contributed by atoms with van der Waals surface area (Å²) in [6.07, 6.45) is 1.72. The number of aromatic nitrogens is 2. The summed E-state index contributed by atoms with van der Waals surface area (Å²) in [4.78, 5) is 11.6. The van der Waals surface area contributed by atoms with Crippen molar-refractivity contribution in [1.29, 1.82) is 0 Å². The molecule has 0 fully saturated rings. The number of methoxy groups -OCH3 is 1. The van der Waals surface area contributed by atoms with E-state index in [4.69, 9.17) is 10.5 Å². The summed E-state index contributed by atoms with van der Waals surface area (Å²) in [6, 6.07) is 4.81. The van der Waals surface area contributed by atoms with Gasteiger partial charge in [-0.15, -0.1) is 0 Å². The number of anilines is 1. The zero-order chi connectivity index (χ0) is 12.3. The number of hydrogen-bond acceptors (Lipinski definition) is 4. The fourth-order valence-corrected chi connectivity index (χ4v) is 1.50. The van der Waals surface area contributed by atoms with Crippen molar-refractivity contribution in [3.05, 3.63) is 24.4 Å². The van der Waals surface area contributed by atoms with Crippen LogP contribution >= 0.6 is 0 Å². The number of H-pyrrole nitrogens is 1. The van der Waals surface area contributed by atoms with Crippen LogP contribution in [0.25, 0.3) is 10.9 Å². The molecule has 6 nitrogen and oxygen atoms in total. The predicted molar refractivity (Wildman–Crippen MR) is 64.6 cm³/mol. The Labute approximate surface area is 98.1 Å². The predicted octanol–water partition coefficient (Wildman–Crippen LogP) is 0.475. The first-order valence-corrected chi connectivity index (χ1v) is 5.19. The Morgan fingerprint density at radius 3 is 3.24 bits per heavy atom. The van der Waals surface area contributed by atoms with E-state index in [0.717, 1.165) is 10.9 Å². The van der Waals surface area contributed by atoms with E-state index in [1.165, 1.54) is 7.11 Å². The maximum Gasteiger partial charge on any atom is 0.243 e. The molecule has 1 aromatic carbocycles. The second kappa shape index (κ2) is 4.94. The summed E-state index contributed by atoms with van der Waals surface area (Å²) in [5.41, 5.74) is 7.15. The molecule has 1 amide bonds. The van der Waals surface area contributed by atoms with Crippen LogP contribution in [0.15, 0.2) is 24.4 Å². The number of rotatable bonds is 4. The van der Waals surface area contributed by atoms with Gasteiger partial charge in [0.05, 0.1) is 18.3 Å². The molecule has 17 heavy (non-hydrogen) atoms. The van der Waals surface area contributed by atoms with E-state index in [-0.39, 0.29) is 12.5 Å². The number of amides is 1. The number of ether oxygens (including phenoxy) is 1. The van der Waals surface area contributed by atoms with E-state index in [1.54, 1.807) is 18.3 Å². The molecule has 1 atom stereocenters. The minimum absolute atomic E-state index is 0.193. The van der Waals surface area contributed by atoms with Crippen LogP contribution in [0.4, 0.5) is 5.69 Å². The smallest absolute Gasteiger partial charge is 0.243 e. The summed E-state index contributed by atoms with van der Waals surface area (Å²) < 4.78 is 4.82. The average Bonchev–Trinajstić information content (AvgIpc) is 2.76. The Bertz CT molecular complexity index is 523. The van der Waals surface area contributed by atoms with Crippen molar-refractivity contribution < 1.29 is 9.53 Å². The molecule has 0 aliphatic heterocycles. The third kappa shape index (κ3) is 2.61. The van der Waals surface area contributed by atoms with Gasteiger partial charge in [0, 0.05) is 18.2 Å². The Morgan fingerprint density at radius 1 is 1.65 bits per heavy atom. The van der Waals surface area contributed by atoms with Crippen molar-refractivity contribution in [3.63, 3.8) is 0 Å². The van der Waals surface area contributed by atoms with Gasteiger partial charge < -0.3 is 15.8 Å².